The van der Waals surface area contributed by atoms with Crippen molar-refractivity contribution in [1.82, 2.24) is 4.72 Å². The molecule has 1 rings (SSSR count). The van der Waals surface area contributed by atoms with Gasteiger partial charge in [0.05, 0.1) is 4.90 Å². The van der Waals surface area contributed by atoms with E-state index in [0.717, 1.165) is 0 Å². The predicted molar refractivity (Wildman–Crippen MR) is 72.1 cm³/mol. The molecule has 0 heterocycles. The van der Waals surface area contributed by atoms with E-state index in [1.54, 1.807) is 19.1 Å². The van der Waals surface area contributed by atoms with Gasteiger partial charge in [0.1, 0.15) is 0 Å². The average molecular weight is 336 g/mol. The highest BCUT2D eigenvalue weighted by Crippen LogP contribution is 2.24. The van der Waals surface area contributed by atoms with Crippen molar-refractivity contribution in [2.24, 2.45) is 5.73 Å². The third kappa shape index (κ3) is 3.97. The molecule has 18 heavy (non-hydrogen) atoms. The van der Waals surface area contributed by atoms with Crippen LogP contribution in [0.4, 0.5) is 5.69 Å². The second-order valence-electron chi connectivity index (χ2n) is 3.88. The first-order valence-electron chi connectivity index (χ1n) is 5.08. The number of carbonyl (C=O) groups excluding carboxylic acids is 1. The number of benzene rings is 1. The fourth-order valence-electron chi connectivity index (χ4n) is 1.40. The van der Waals surface area contributed by atoms with Gasteiger partial charge in [-0.15, -0.1) is 0 Å². The minimum absolute atomic E-state index is 0.0267. The maximum atomic E-state index is 12.0. The molecule has 0 saturated heterocycles. The van der Waals surface area contributed by atoms with Crippen molar-refractivity contribution in [3.05, 3.63) is 22.7 Å². The molecule has 100 valence electrons. The van der Waals surface area contributed by atoms with Gasteiger partial charge < -0.3 is 11.5 Å². The summed E-state index contributed by atoms with van der Waals surface area (Å²) < 4.78 is 26.9. The van der Waals surface area contributed by atoms with Crippen molar-refractivity contribution >= 4 is 37.5 Å². The van der Waals surface area contributed by atoms with E-state index in [4.69, 9.17) is 11.5 Å². The van der Waals surface area contributed by atoms with E-state index in [2.05, 4.69) is 20.7 Å². The van der Waals surface area contributed by atoms with E-state index in [-0.39, 0.29) is 11.3 Å². The predicted octanol–water partition coefficient (Wildman–Crippen LogP) is 0.574. The summed E-state index contributed by atoms with van der Waals surface area (Å²) in [5.41, 5.74) is 10.9. The Hall–Kier alpha value is -1.12. The van der Waals surface area contributed by atoms with Gasteiger partial charge in [0.2, 0.25) is 15.9 Å². The Labute approximate surface area is 114 Å². The van der Waals surface area contributed by atoms with Crippen LogP contribution in [-0.2, 0) is 14.8 Å². The fourth-order valence-corrected chi connectivity index (χ4v) is 3.64. The molecule has 0 aliphatic heterocycles. The highest BCUT2D eigenvalue weighted by molar-refractivity contribution is 9.10. The fraction of sp³-hybridized carbons (Fsp3) is 0.300. The molecular formula is C10H14BrN3O3S. The van der Waals surface area contributed by atoms with Gasteiger partial charge in [0.15, 0.2) is 0 Å². The van der Waals surface area contributed by atoms with E-state index in [1.807, 2.05) is 0 Å². The number of hydrogen-bond donors (Lipinski definition) is 3. The summed E-state index contributed by atoms with van der Waals surface area (Å²) in [4.78, 5) is 10.7. The molecule has 1 aromatic carbocycles. The van der Waals surface area contributed by atoms with Crippen LogP contribution in [0.1, 0.15) is 13.3 Å². The zero-order valence-electron chi connectivity index (χ0n) is 9.68. The van der Waals surface area contributed by atoms with Crippen molar-refractivity contribution in [3.8, 4) is 0 Å². The van der Waals surface area contributed by atoms with Gasteiger partial charge in [-0.1, -0.05) is 0 Å². The van der Waals surface area contributed by atoms with Crippen LogP contribution in [0.3, 0.4) is 0 Å². The number of rotatable bonds is 5. The smallest absolute Gasteiger partial charge is 0.242 e. The van der Waals surface area contributed by atoms with Crippen molar-refractivity contribution < 1.29 is 13.2 Å². The number of primary amides is 1. The number of amides is 1. The minimum Gasteiger partial charge on any atom is -0.399 e. The number of hydrogen-bond acceptors (Lipinski definition) is 4. The maximum Gasteiger partial charge on any atom is 0.242 e. The number of halogens is 1. The molecule has 0 aliphatic rings. The van der Waals surface area contributed by atoms with E-state index in [0.29, 0.717) is 10.2 Å². The Balaban J connectivity index is 2.99. The molecule has 0 radical (unpaired) electrons. The normalized spacial score (nSPS) is 13.2. The van der Waals surface area contributed by atoms with E-state index in [1.165, 1.54) is 6.07 Å². The molecule has 6 nitrogen and oxygen atoms in total. The molecular weight excluding hydrogens is 322 g/mol. The van der Waals surface area contributed by atoms with Crippen molar-refractivity contribution in [1.29, 1.82) is 0 Å². The molecule has 0 bridgehead atoms. The quantitative estimate of drug-likeness (QED) is 0.682. The lowest BCUT2D eigenvalue weighted by Gasteiger charge is -2.13. The summed E-state index contributed by atoms with van der Waals surface area (Å²) in [5.74, 6) is -0.572. The van der Waals surface area contributed by atoms with Gasteiger partial charge in [-0.3, -0.25) is 4.79 Å². The Bertz CT molecular complexity index is 559. The molecule has 8 heteroatoms. The number of nitrogen functional groups attached to an aromatic ring is 1. The molecule has 0 fully saturated rings. The first-order chi connectivity index (χ1) is 8.22. The Morgan fingerprint density at radius 1 is 1.50 bits per heavy atom. The van der Waals surface area contributed by atoms with Gasteiger partial charge in [0, 0.05) is 22.6 Å². The molecule has 0 saturated carbocycles. The van der Waals surface area contributed by atoms with Crippen LogP contribution in [0, 0.1) is 0 Å². The number of carbonyl (C=O) groups is 1. The Kier molecular flexibility index (Phi) is 4.71. The monoisotopic (exact) mass is 335 g/mol. The lowest BCUT2D eigenvalue weighted by molar-refractivity contribution is -0.118. The summed E-state index contributed by atoms with van der Waals surface area (Å²) in [5, 5.41) is 0. The second kappa shape index (κ2) is 5.68. The molecule has 1 aromatic rings. The summed E-state index contributed by atoms with van der Waals surface area (Å²) in [6, 6.07) is 3.88. The lowest BCUT2D eigenvalue weighted by atomic mass is 10.2. The average Bonchev–Trinajstić information content (AvgIpc) is 2.19. The number of anilines is 1. The third-order valence-electron chi connectivity index (χ3n) is 2.11. The zero-order chi connectivity index (χ0) is 13.9. The van der Waals surface area contributed by atoms with Crippen LogP contribution in [-0.4, -0.2) is 20.4 Å². The summed E-state index contributed by atoms with van der Waals surface area (Å²) >= 11 is 3.14. The molecule has 1 amide bonds. The highest BCUT2D eigenvalue weighted by Gasteiger charge is 2.21. The first kappa shape index (κ1) is 14.9. The van der Waals surface area contributed by atoms with Gasteiger partial charge in [0.25, 0.3) is 0 Å². The lowest BCUT2D eigenvalue weighted by Crippen LogP contribution is -2.35. The van der Waals surface area contributed by atoms with Crippen molar-refractivity contribution in [2.45, 2.75) is 24.3 Å². The minimum atomic E-state index is -3.74. The van der Waals surface area contributed by atoms with Gasteiger partial charge >= 0.3 is 0 Å². The van der Waals surface area contributed by atoms with Gasteiger partial charge in [-0.05, 0) is 41.1 Å². The highest BCUT2D eigenvalue weighted by atomic mass is 79.9. The molecule has 0 spiro atoms. The summed E-state index contributed by atoms with van der Waals surface area (Å²) in [6.45, 7) is 1.56. The molecule has 1 atom stereocenters. The zero-order valence-corrected chi connectivity index (χ0v) is 12.1. The second-order valence-corrected chi connectivity index (χ2v) is 6.42. The van der Waals surface area contributed by atoms with Gasteiger partial charge in [-0.2, -0.15) is 0 Å². The molecule has 0 aromatic heterocycles. The number of nitrogens with two attached hydrogens (primary N) is 2. The topological polar surface area (TPSA) is 115 Å². The van der Waals surface area contributed by atoms with Crippen LogP contribution in [0.25, 0.3) is 0 Å². The van der Waals surface area contributed by atoms with Crippen LogP contribution < -0.4 is 16.2 Å². The Morgan fingerprint density at radius 2 is 2.11 bits per heavy atom. The van der Waals surface area contributed by atoms with Crippen LogP contribution >= 0.6 is 15.9 Å². The van der Waals surface area contributed by atoms with E-state index >= 15 is 0 Å². The summed E-state index contributed by atoms with van der Waals surface area (Å²) in [6.07, 6.45) is -0.0703. The third-order valence-corrected chi connectivity index (χ3v) is 4.69. The van der Waals surface area contributed by atoms with Crippen LogP contribution in [0.5, 0.6) is 0 Å². The number of sulfonamides is 1. The maximum absolute atomic E-state index is 12.0. The van der Waals surface area contributed by atoms with Crippen molar-refractivity contribution in [2.75, 3.05) is 5.73 Å². The van der Waals surface area contributed by atoms with Crippen LogP contribution in [0.15, 0.2) is 27.6 Å². The van der Waals surface area contributed by atoms with Crippen molar-refractivity contribution in [3.63, 3.8) is 0 Å². The van der Waals surface area contributed by atoms with E-state index in [9.17, 15) is 13.2 Å². The van der Waals surface area contributed by atoms with Gasteiger partial charge in [-0.25, -0.2) is 13.1 Å². The van der Waals surface area contributed by atoms with Crippen LogP contribution in [0.2, 0.25) is 0 Å². The molecule has 5 N–H and O–H groups in total. The van der Waals surface area contributed by atoms with E-state index < -0.39 is 22.0 Å². The standard InChI is InChI=1S/C10H14BrN3O3S/c1-6(4-10(13)15)14-18(16,17)9-5-7(12)2-3-8(9)11/h2-3,5-6,14H,4,12H2,1H3,(H2,13,15). The number of nitrogens with one attached hydrogen (secondary N) is 1. The SMILES string of the molecule is CC(CC(N)=O)NS(=O)(=O)c1cc(N)ccc1Br. The first-order valence-corrected chi connectivity index (χ1v) is 7.35. The Morgan fingerprint density at radius 3 is 2.67 bits per heavy atom. The molecule has 1 unspecified atom stereocenters. The molecule has 0 aliphatic carbocycles. The largest absolute Gasteiger partial charge is 0.399 e. The summed E-state index contributed by atoms with van der Waals surface area (Å²) in [7, 11) is -3.74.